The molecule has 0 saturated carbocycles. The van der Waals surface area contributed by atoms with E-state index in [1.807, 2.05) is 0 Å². The molecule has 0 spiro atoms. The first-order valence-electron chi connectivity index (χ1n) is 3.98. The molecule has 4 nitrogen and oxygen atoms in total. The van der Waals surface area contributed by atoms with Crippen LogP contribution in [-0.2, 0) is 9.59 Å². The van der Waals surface area contributed by atoms with Crippen molar-refractivity contribution in [2.45, 2.75) is 25.7 Å². The monoisotopic (exact) mass is 194 g/mol. The number of rotatable bonds is 3. The van der Waals surface area contributed by atoms with Crippen molar-refractivity contribution < 1.29 is 19.8 Å². The summed E-state index contributed by atoms with van der Waals surface area (Å²) in [5.74, 6) is 8.25. The van der Waals surface area contributed by atoms with E-state index in [2.05, 4.69) is 23.7 Å². The van der Waals surface area contributed by atoms with Crippen molar-refractivity contribution in [2.75, 3.05) is 0 Å². The first kappa shape index (κ1) is 12.1. The number of unbranched alkanes of at least 4 members (excludes halogenated alkanes) is 1. The van der Waals surface area contributed by atoms with E-state index < -0.39 is 11.9 Å². The lowest BCUT2D eigenvalue weighted by molar-refractivity contribution is -0.136. The molecule has 0 aromatic heterocycles. The summed E-state index contributed by atoms with van der Waals surface area (Å²) >= 11 is 0. The molecule has 0 fully saturated rings. The smallest absolute Gasteiger partial charge is 0.315 e. The largest absolute Gasteiger partial charge is 0.481 e. The van der Waals surface area contributed by atoms with E-state index in [4.69, 9.17) is 10.2 Å². The van der Waals surface area contributed by atoms with Gasteiger partial charge in [0.2, 0.25) is 0 Å². The SMILES string of the molecule is O=C(O)CC#CCCC#CCC(=O)O. The first-order chi connectivity index (χ1) is 6.63. The molecule has 0 saturated heterocycles. The highest BCUT2D eigenvalue weighted by atomic mass is 16.4. The minimum absolute atomic E-state index is 0.164. The Morgan fingerprint density at radius 1 is 0.786 bits per heavy atom. The Balaban J connectivity index is 3.51. The Kier molecular flexibility index (Phi) is 6.63. The van der Waals surface area contributed by atoms with Crippen molar-refractivity contribution in [3.05, 3.63) is 0 Å². The van der Waals surface area contributed by atoms with Crippen LogP contribution >= 0.6 is 0 Å². The lowest BCUT2D eigenvalue weighted by Gasteiger charge is -1.81. The minimum Gasteiger partial charge on any atom is -0.481 e. The summed E-state index contributed by atoms with van der Waals surface area (Å²) in [4.78, 5) is 20.0. The third-order valence-corrected chi connectivity index (χ3v) is 1.10. The second-order valence-electron chi connectivity index (χ2n) is 2.35. The molecule has 0 aromatic rings. The molecule has 0 aromatic carbocycles. The summed E-state index contributed by atoms with van der Waals surface area (Å²) in [6.07, 6.45) is 0.616. The third-order valence-electron chi connectivity index (χ3n) is 1.10. The molecule has 0 heterocycles. The van der Waals surface area contributed by atoms with Crippen molar-refractivity contribution >= 4 is 11.9 Å². The number of hydrogen-bond acceptors (Lipinski definition) is 2. The Hall–Kier alpha value is -1.94. The molecule has 0 amide bonds. The number of carbonyl (C=O) groups is 2. The van der Waals surface area contributed by atoms with Gasteiger partial charge in [-0.25, -0.2) is 0 Å². The molecule has 14 heavy (non-hydrogen) atoms. The zero-order valence-corrected chi connectivity index (χ0v) is 7.54. The van der Waals surface area contributed by atoms with E-state index in [1.54, 1.807) is 0 Å². The second-order valence-corrected chi connectivity index (χ2v) is 2.35. The van der Waals surface area contributed by atoms with E-state index in [9.17, 15) is 9.59 Å². The summed E-state index contributed by atoms with van der Waals surface area (Å²) in [5.41, 5.74) is 0. The Bertz CT molecular complexity index is 288. The van der Waals surface area contributed by atoms with Gasteiger partial charge in [0.05, 0.1) is 0 Å². The molecule has 0 radical (unpaired) electrons. The third kappa shape index (κ3) is 10.1. The van der Waals surface area contributed by atoms with E-state index in [1.165, 1.54) is 0 Å². The molecule has 0 aliphatic heterocycles. The average molecular weight is 194 g/mol. The van der Waals surface area contributed by atoms with Gasteiger partial charge >= 0.3 is 11.9 Å². The van der Waals surface area contributed by atoms with Crippen LogP contribution in [0.5, 0.6) is 0 Å². The summed E-state index contributed by atoms with van der Waals surface area (Å²) < 4.78 is 0. The molecular weight excluding hydrogens is 184 g/mol. The summed E-state index contributed by atoms with van der Waals surface area (Å²) in [6, 6.07) is 0. The fraction of sp³-hybridized carbons (Fsp3) is 0.400. The highest BCUT2D eigenvalue weighted by Crippen LogP contribution is 1.85. The quantitative estimate of drug-likeness (QED) is 0.513. The van der Waals surface area contributed by atoms with E-state index in [0.717, 1.165) is 0 Å². The zero-order valence-electron chi connectivity index (χ0n) is 7.54. The number of hydrogen-bond donors (Lipinski definition) is 2. The number of carboxylic acids is 2. The standard InChI is InChI=1S/C10H10O4/c11-9(12)7-5-3-1-2-4-6-8-10(13)14/h1-2,7-8H2,(H,11,12)(H,13,14). The van der Waals surface area contributed by atoms with Crippen LogP contribution in [0.2, 0.25) is 0 Å². The van der Waals surface area contributed by atoms with Gasteiger partial charge in [0.1, 0.15) is 12.8 Å². The normalized spacial score (nSPS) is 7.71. The van der Waals surface area contributed by atoms with Crippen LogP contribution < -0.4 is 0 Å². The highest BCUT2D eigenvalue weighted by molar-refractivity contribution is 5.70. The minimum atomic E-state index is -0.950. The maximum absolute atomic E-state index is 10.0. The number of aliphatic carboxylic acids is 2. The number of carboxylic acid groups (broad SMARTS) is 2. The van der Waals surface area contributed by atoms with Crippen LogP contribution in [0.25, 0.3) is 0 Å². The molecule has 0 aliphatic carbocycles. The predicted octanol–water partition coefficient (Wildman–Crippen LogP) is 0.723. The van der Waals surface area contributed by atoms with E-state index in [0.29, 0.717) is 12.8 Å². The van der Waals surface area contributed by atoms with Crippen molar-refractivity contribution in [1.82, 2.24) is 0 Å². The van der Waals surface area contributed by atoms with Crippen molar-refractivity contribution in [1.29, 1.82) is 0 Å². The maximum atomic E-state index is 10.0. The zero-order chi connectivity index (χ0) is 10.8. The van der Waals surface area contributed by atoms with Crippen LogP contribution in [0.15, 0.2) is 0 Å². The molecule has 74 valence electrons. The summed E-state index contributed by atoms with van der Waals surface area (Å²) in [7, 11) is 0. The average Bonchev–Trinajstić information content (AvgIpc) is 2.08. The van der Waals surface area contributed by atoms with Gasteiger partial charge in [0.15, 0.2) is 0 Å². The van der Waals surface area contributed by atoms with E-state index in [-0.39, 0.29) is 12.8 Å². The lowest BCUT2D eigenvalue weighted by atomic mass is 10.3. The van der Waals surface area contributed by atoms with E-state index >= 15 is 0 Å². The van der Waals surface area contributed by atoms with Crippen LogP contribution in [0.4, 0.5) is 0 Å². The van der Waals surface area contributed by atoms with Crippen LogP contribution in [0.1, 0.15) is 25.7 Å². The molecule has 0 aliphatic rings. The fourth-order valence-corrected chi connectivity index (χ4v) is 0.578. The Labute approximate surface area is 81.9 Å². The fourth-order valence-electron chi connectivity index (χ4n) is 0.578. The van der Waals surface area contributed by atoms with Gasteiger partial charge in [-0.1, -0.05) is 11.8 Å². The van der Waals surface area contributed by atoms with Gasteiger partial charge in [-0.05, 0) is 0 Å². The molecular formula is C10H10O4. The van der Waals surface area contributed by atoms with Gasteiger partial charge in [0.25, 0.3) is 0 Å². The van der Waals surface area contributed by atoms with Gasteiger partial charge in [-0.15, -0.1) is 11.8 Å². The molecule has 4 heteroatoms. The van der Waals surface area contributed by atoms with Gasteiger partial charge < -0.3 is 10.2 Å². The molecule has 2 N–H and O–H groups in total. The van der Waals surface area contributed by atoms with Crippen molar-refractivity contribution in [3.8, 4) is 23.7 Å². The second kappa shape index (κ2) is 7.70. The van der Waals surface area contributed by atoms with Gasteiger partial charge in [-0.2, -0.15) is 0 Å². The predicted molar refractivity (Wildman–Crippen MR) is 49.3 cm³/mol. The van der Waals surface area contributed by atoms with Crippen molar-refractivity contribution in [3.63, 3.8) is 0 Å². The molecule has 0 bridgehead atoms. The van der Waals surface area contributed by atoms with Crippen LogP contribution in [0.3, 0.4) is 0 Å². The van der Waals surface area contributed by atoms with Gasteiger partial charge in [-0.3, -0.25) is 9.59 Å². The molecule has 0 unspecified atom stereocenters. The molecule has 0 rings (SSSR count). The lowest BCUT2D eigenvalue weighted by Crippen LogP contribution is -1.90. The van der Waals surface area contributed by atoms with Crippen molar-refractivity contribution in [2.24, 2.45) is 0 Å². The highest BCUT2D eigenvalue weighted by Gasteiger charge is 1.88. The van der Waals surface area contributed by atoms with Crippen LogP contribution in [-0.4, -0.2) is 22.2 Å². The Morgan fingerprint density at radius 2 is 1.14 bits per heavy atom. The summed E-state index contributed by atoms with van der Waals surface area (Å²) in [6.45, 7) is 0. The topological polar surface area (TPSA) is 74.6 Å². The van der Waals surface area contributed by atoms with Gasteiger partial charge in [0, 0.05) is 12.8 Å². The Morgan fingerprint density at radius 3 is 1.43 bits per heavy atom. The van der Waals surface area contributed by atoms with Crippen LogP contribution in [0, 0.1) is 23.7 Å². The summed E-state index contributed by atoms with van der Waals surface area (Å²) in [5, 5.41) is 16.4. The maximum Gasteiger partial charge on any atom is 0.315 e. The molecule has 0 atom stereocenters. The first-order valence-corrected chi connectivity index (χ1v) is 3.98.